The quantitative estimate of drug-likeness (QED) is 0.779. The molecule has 6 heteroatoms. The van der Waals surface area contributed by atoms with Gasteiger partial charge in [0.1, 0.15) is 5.69 Å². The normalized spacial score (nSPS) is 21.3. The Morgan fingerprint density at radius 2 is 2.14 bits per heavy atom. The van der Waals surface area contributed by atoms with Crippen LogP contribution in [-0.2, 0) is 4.74 Å². The number of primary amides is 1. The molecule has 2 atom stereocenters. The van der Waals surface area contributed by atoms with E-state index < -0.39 is 5.91 Å². The van der Waals surface area contributed by atoms with E-state index >= 15 is 0 Å². The van der Waals surface area contributed by atoms with Gasteiger partial charge in [0.2, 0.25) is 0 Å². The molecule has 1 aliphatic carbocycles. The van der Waals surface area contributed by atoms with E-state index in [1.807, 2.05) is 0 Å². The van der Waals surface area contributed by atoms with Crippen molar-refractivity contribution < 1.29 is 14.3 Å². The number of hydrogen-bond acceptors (Lipinski definition) is 4. The molecule has 0 aliphatic heterocycles. The summed E-state index contributed by atoms with van der Waals surface area (Å²) in [6, 6.07) is 2.98. The highest BCUT2D eigenvalue weighted by Crippen LogP contribution is 2.25. The molecular formula is C16H23N3O3. The van der Waals surface area contributed by atoms with Crippen LogP contribution in [-0.4, -0.2) is 36.1 Å². The van der Waals surface area contributed by atoms with E-state index in [1.54, 1.807) is 0 Å². The second-order valence-electron chi connectivity index (χ2n) is 5.72. The minimum atomic E-state index is -0.609. The predicted molar refractivity (Wildman–Crippen MR) is 82.5 cm³/mol. The van der Waals surface area contributed by atoms with Crippen LogP contribution in [0, 0.1) is 5.92 Å². The maximum atomic E-state index is 11.9. The number of rotatable bonds is 6. The van der Waals surface area contributed by atoms with E-state index in [4.69, 9.17) is 10.5 Å². The zero-order valence-corrected chi connectivity index (χ0v) is 12.9. The molecule has 1 aromatic rings. The highest BCUT2D eigenvalue weighted by molar-refractivity contribution is 5.95. The van der Waals surface area contributed by atoms with Crippen LogP contribution < -0.4 is 11.1 Å². The molecule has 1 saturated carbocycles. The van der Waals surface area contributed by atoms with Crippen molar-refractivity contribution in [3.63, 3.8) is 0 Å². The van der Waals surface area contributed by atoms with Crippen molar-refractivity contribution in [3.05, 3.63) is 29.6 Å². The fourth-order valence-corrected chi connectivity index (χ4v) is 2.68. The van der Waals surface area contributed by atoms with Crippen molar-refractivity contribution in [1.82, 2.24) is 10.3 Å². The predicted octanol–water partition coefficient (Wildman–Crippen LogP) is 1.51. The Balaban J connectivity index is 1.72. The average Bonchev–Trinajstić information content (AvgIpc) is 2.53. The molecule has 0 radical (unpaired) electrons. The maximum Gasteiger partial charge on any atom is 0.267 e. The summed E-state index contributed by atoms with van der Waals surface area (Å²) in [7, 11) is 0. The van der Waals surface area contributed by atoms with Crippen molar-refractivity contribution in [2.75, 3.05) is 13.2 Å². The van der Waals surface area contributed by atoms with Gasteiger partial charge < -0.3 is 15.8 Å². The average molecular weight is 305 g/mol. The summed E-state index contributed by atoms with van der Waals surface area (Å²) >= 11 is 0. The molecule has 6 nitrogen and oxygen atoms in total. The van der Waals surface area contributed by atoms with Crippen LogP contribution in [0.1, 0.15) is 53.5 Å². The van der Waals surface area contributed by atoms with Crippen molar-refractivity contribution in [1.29, 1.82) is 0 Å². The third-order valence-electron chi connectivity index (χ3n) is 4.03. The van der Waals surface area contributed by atoms with Gasteiger partial charge in [-0.1, -0.05) is 19.8 Å². The second-order valence-corrected chi connectivity index (χ2v) is 5.72. The molecule has 1 heterocycles. The Kier molecular flexibility index (Phi) is 5.89. The van der Waals surface area contributed by atoms with E-state index in [0.29, 0.717) is 30.7 Å². The van der Waals surface area contributed by atoms with Crippen LogP contribution in [0.2, 0.25) is 0 Å². The molecule has 120 valence electrons. The Bertz CT molecular complexity index is 516. The van der Waals surface area contributed by atoms with Gasteiger partial charge >= 0.3 is 0 Å². The first-order chi connectivity index (χ1) is 10.6. The lowest BCUT2D eigenvalue weighted by molar-refractivity contribution is -0.00294. The third kappa shape index (κ3) is 4.53. The number of nitrogens with one attached hydrogen (secondary N) is 1. The van der Waals surface area contributed by atoms with Crippen molar-refractivity contribution in [2.24, 2.45) is 11.7 Å². The first-order valence-corrected chi connectivity index (χ1v) is 7.73. The second kappa shape index (κ2) is 7.89. The van der Waals surface area contributed by atoms with E-state index in [-0.39, 0.29) is 11.6 Å². The van der Waals surface area contributed by atoms with Crippen molar-refractivity contribution in [2.45, 2.75) is 38.7 Å². The summed E-state index contributed by atoms with van der Waals surface area (Å²) in [6.07, 6.45) is 6.48. The van der Waals surface area contributed by atoms with Gasteiger partial charge in [0, 0.05) is 12.7 Å². The van der Waals surface area contributed by atoms with Crippen molar-refractivity contribution >= 4 is 11.8 Å². The van der Waals surface area contributed by atoms with Gasteiger partial charge in [-0.25, -0.2) is 0 Å². The molecule has 1 aliphatic rings. The van der Waals surface area contributed by atoms with Gasteiger partial charge in [0.15, 0.2) is 0 Å². The van der Waals surface area contributed by atoms with Gasteiger partial charge in [-0.2, -0.15) is 0 Å². The SMILES string of the molecule is C[C@@H]1CCCC[C@@H]1OCCNC(=O)c1ccc(C(N)=O)nc1. The minimum absolute atomic E-state index is 0.145. The van der Waals surface area contributed by atoms with Gasteiger partial charge in [-0.15, -0.1) is 0 Å². The monoisotopic (exact) mass is 305 g/mol. The standard InChI is InChI=1S/C16H23N3O3/c1-11-4-2-3-5-14(11)22-9-8-18-16(21)12-6-7-13(15(17)20)19-10-12/h6-7,10-11,14H,2-5,8-9H2,1H3,(H2,17,20)(H,18,21)/t11-,14+/m1/s1. The van der Waals surface area contributed by atoms with Crippen LogP contribution >= 0.6 is 0 Å². The lowest BCUT2D eigenvalue weighted by Gasteiger charge is -2.28. The lowest BCUT2D eigenvalue weighted by atomic mass is 9.88. The summed E-state index contributed by atoms with van der Waals surface area (Å²) in [5, 5.41) is 2.78. The number of nitrogens with two attached hydrogens (primary N) is 1. The van der Waals surface area contributed by atoms with Gasteiger partial charge in [0.25, 0.3) is 11.8 Å². The van der Waals surface area contributed by atoms with Crippen LogP contribution in [0.4, 0.5) is 0 Å². The first-order valence-electron chi connectivity index (χ1n) is 7.73. The highest BCUT2D eigenvalue weighted by atomic mass is 16.5. The van der Waals surface area contributed by atoms with E-state index in [0.717, 1.165) is 6.42 Å². The summed E-state index contributed by atoms with van der Waals surface area (Å²) in [5.41, 5.74) is 5.65. The van der Waals surface area contributed by atoms with Gasteiger partial charge in [0.05, 0.1) is 18.3 Å². The number of amides is 2. The number of pyridine rings is 1. The number of carbonyl (C=O) groups is 2. The fraction of sp³-hybridized carbons (Fsp3) is 0.562. The highest BCUT2D eigenvalue weighted by Gasteiger charge is 2.21. The Hall–Kier alpha value is -1.95. The summed E-state index contributed by atoms with van der Waals surface area (Å²) in [4.78, 5) is 26.7. The zero-order chi connectivity index (χ0) is 15.9. The van der Waals surface area contributed by atoms with Crippen LogP contribution in [0.3, 0.4) is 0 Å². The molecule has 3 N–H and O–H groups in total. The first kappa shape index (κ1) is 16.4. The summed E-state index contributed by atoms with van der Waals surface area (Å²) in [5.74, 6) is -0.249. The molecule has 0 spiro atoms. The fourth-order valence-electron chi connectivity index (χ4n) is 2.68. The number of nitrogens with zero attached hydrogens (tertiary/aromatic N) is 1. The topological polar surface area (TPSA) is 94.3 Å². The molecule has 0 bridgehead atoms. The Morgan fingerprint density at radius 3 is 2.77 bits per heavy atom. The summed E-state index contributed by atoms with van der Waals surface area (Å²) in [6.45, 7) is 3.18. The molecule has 0 aromatic carbocycles. The Labute approximate surface area is 130 Å². The molecule has 2 rings (SSSR count). The molecule has 22 heavy (non-hydrogen) atoms. The van der Waals surface area contributed by atoms with Crippen LogP contribution in [0.25, 0.3) is 0 Å². The Morgan fingerprint density at radius 1 is 1.36 bits per heavy atom. The number of ether oxygens (including phenoxy) is 1. The van der Waals surface area contributed by atoms with E-state index in [2.05, 4.69) is 17.2 Å². The maximum absolute atomic E-state index is 11.9. The lowest BCUT2D eigenvalue weighted by Crippen LogP contribution is -2.31. The smallest absolute Gasteiger partial charge is 0.267 e. The minimum Gasteiger partial charge on any atom is -0.376 e. The van der Waals surface area contributed by atoms with Gasteiger partial charge in [-0.05, 0) is 30.9 Å². The number of aromatic nitrogens is 1. The van der Waals surface area contributed by atoms with Crippen LogP contribution in [0.15, 0.2) is 18.3 Å². The van der Waals surface area contributed by atoms with E-state index in [1.165, 1.54) is 37.6 Å². The molecule has 1 fully saturated rings. The number of carbonyl (C=O) groups excluding carboxylic acids is 2. The third-order valence-corrected chi connectivity index (χ3v) is 4.03. The molecule has 2 amide bonds. The van der Waals surface area contributed by atoms with Crippen molar-refractivity contribution in [3.8, 4) is 0 Å². The number of hydrogen-bond donors (Lipinski definition) is 2. The van der Waals surface area contributed by atoms with Gasteiger partial charge in [-0.3, -0.25) is 14.6 Å². The summed E-state index contributed by atoms with van der Waals surface area (Å²) < 4.78 is 5.84. The van der Waals surface area contributed by atoms with Crippen LogP contribution in [0.5, 0.6) is 0 Å². The molecule has 1 aromatic heterocycles. The largest absolute Gasteiger partial charge is 0.376 e. The molecule has 0 saturated heterocycles. The molecular weight excluding hydrogens is 282 g/mol. The van der Waals surface area contributed by atoms with E-state index in [9.17, 15) is 9.59 Å². The molecule has 0 unspecified atom stereocenters. The zero-order valence-electron chi connectivity index (χ0n) is 12.9.